The van der Waals surface area contributed by atoms with Crippen LogP contribution >= 0.6 is 12.2 Å². The van der Waals surface area contributed by atoms with E-state index in [1.807, 2.05) is 53.0 Å². The van der Waals surface area contributed by atoms with Crippen LogP contribution in [0.4, 0.5) is 0 Å². The van der Waals surface area contributed by atoms with Crippen molar-refractivity contribution < 1.29 is 4.57 Å². The highest BCUT2D eigenvalue weighted by molar-refractivity contribution is 7.71. The number of benzene rings is 1. The monoisotopic (exact) mass is 192 g/mol. The average Bonchev–Trinajstić information content (AvgIpc) is 2.47. The third kappa shape index (κ3) is 1.53. The molecule has 66 valence electrons. The van der Waals surface area contributed by atoms with Gasteiger partial charge in [-0.3, -0.25) is 0 Å². The molecule has 0 spiro atoms. The fraction of sp³-hybridized carbons (Fsp3) is 0.111. The summed E-state index contributed by atoms with van der Waals surface area (Å²) in [5.41, 5.74) is 1.07. The molecule has 3 nitrogen and oxygen atoms in total. The Kier molecular flexibility index (Phi) is 1.98. The Morgan fingerprint density at radius 3 is 2.54 bits per heavy atom. The zero-order valence-electron chi connectivity index (χ0n) is 7.27. The highest BCUT2D eigenvalue weighted by Gasteiger charge is 2.04. The van der Waals surface area contributed by atoms with Crippen molar-refractivity contribution in [3.63, 3.8) is 0 Å². The van der Waals surface area contributed by atoms with Gasteiger partial charge in [-0.1, -0.05) is 18.2 Å². The minimum atomic E-state index is 0.703. The summed E-state index contributed by atoms with van der Waals surface area (Å²) in [6, 6.07) is 10.0. The molecule has 0 bridgehead atoms. The van der Waals surface area contributed by atoms with Crippen LogP contribution in [-0.4, -0.2) is 9.78 Å². The molecule has 0 radical (unpaired) electrons. The molecule has 13 heavy (non-hydrogen) atoms. The minimum Gasteiger partial charge on any atom is -0.191 e. The van der Waals surface area contributed by atoms with E-state index in [4.69, 9.17) is 12.2 Å². The number of aromatic nitrogens is 3. The van der Waals surface area contributed by atoms with Crippen LogP contribution in [-0.2, 0) is 7.05 Å². The highest BCUT2D eigenvalue weighted by Crippen LogP contribution is 1.96. The third-order valence-corrected chi connectivity index (χ3v) is 2.10. The summed E-state index contributed by atoms with van der Waals surface area (Å²) < 4.78 is 4.46. The Labute approximate surface area is 81.2 Å². The van der Waals surface area contributed by atoms with Gasteiger partial charge in [-0.25, -0.2) is 0 Å². The second-order valence-electron chi connectivity index (χ2n) is 2.85. The lowest BCUT2D eigenvalue weighted by Gasteiger charge is -1.92. The van der Waals surface area contributed by atoms with Gasteiger partial charge < -0.3 is 0 Å². The van der Waals surface area contributed by atoms with Crippen molar-refractivity contribution in [1.29, 1.82) is 0 Å². The van der Waals surface area contributed by atoms with E-state index in [1.165, 1.54) is 0 Å². The second-order valence-corrected chi connectivity index (χ2v) is 3.24. The van der Waals surface area contributed by atoms with Crippen LogP contribution in [0.1, 0.15) is 0 Å². The van der Waals surface area contributed by atoms with Crippen molar-refractivity contribution in [3.8, 4) is 5.69 Å². The number of nitrogens with one attached hydrogen (secondary N) is 1. The van der Waals surface area contributed by atoms with Crippen LogP contribution < -0.4 is 4.57 Å². The van der Waals surface area contributed by atoms with E-state index < -0.39 is 0 Å². The zero-order chi connectivity index (χ0) is 9.26. The van der Waals surface area contributed by atoms with Crippen LogP contribution in [0.2, 0.25) is 0 Å². The Morgan fingerprint density at radius 1 is 1.31 bits per heavy atom. The standard InChI is InChI=1S/C9H9N3S/c1-11-7-12(9(13)10-11)8-5-3-2-4-6-8/h2-7H,1H3/p+1. The lowest BCUT2D eigenvalue weighted by atomic mass is 10.3. The van der Waals surface area contributed by atoms with Crippen LogP contribution in [0, 0.1) is 4.77 Å². The van der Waals surface area contributed by atoms with Crippen molar-refractivity contribution in [2.75, 3.05) is 0 Å². The molecule has 4 heteroatoms. The Morgan fingerprint density at radius 2 is 2.00 bits per heavy atom. The predicted molar refractivity (Wildman–Crippen MR) is 52.1 cm³/mol. The van der Waals surface area contributed by atoms with Gasteiger partial charge in [-0.2, -0.15) is 9.25 Å². The van der Waals surface area contributed by atoms with E-state index >= 15 is 0 Å². The van der Waals surface area contributed by atoms with E-state index in [1.54, 1.807) is 0 Å². The summed E-state index contributed by atoms with van der Waals surface area (Å²) in [7, 11) is 1.91. The van der Waals surface area contributed by atoms with Crippen LogP contribution in [0.3, 0.4) is 0 Å². The number of hydrogen-bond acceptors (Lipinski definition) is 1. The Bertz CT molecular complexity index is 455. The summed E-state index contributed by atoms with van der Waals surface area (Å²) in [5, 5.41) is 3.00. The summed E-state index contributed by atoms with van der Waals surface area (Å²) in [6.07, 6.45) is 1.91. The molecule has 0 aliphatic heterocycles. The largest absolute Gasteiger partial charge is 0.328 e. The number of para-hydroxylation sites is 1. The molecule has 0 aliphatic carbocycles. The first kappa shape index (κ1) is 8.19. The number of H-pyrrole nitrogens is 1. The number of aryl methyl sites for hydroxylation is 1. The number of nitrogens with zero attached hydrogens (tertiary/aromatic N) is 2. The maximum absolute atomic E-state index is 5.14. The molecule has 2 rings (SSSR count). The molecule has 1 aromatic heterocycles. The Hall–Kier alpha value is -1.42. The topological polar surface area (TPSA) is 24.6 Å². The molecule has 0 amide bonds. The van der Waals surface area contributed by atoms with Crippen molar-refractivity contribution in [1.82, 2.24) is 9.78 Å². The van der Waals surface area contributed by atoms with Gasteiger partial charge >= 0.3 is 4.77 Å². The number of rotatable bonds is 1. The normalized spacial score (nSPS) is 10.2. The summed E-state index contributed by atoms with van der Waals surface area (Å²) in [4.78, 5) is 0. The quantitative estimate of drug-likeness (QED) is 0.535. The summed E-state index contributed by atoms with van der Waals surface area (Å²) in [6.45, 7) is 0. The molecular formula is C9H10N3S+. The van der Waals surface area contributed by atoms with Crippen LogP contribution in [0.15, 0.2) is 36.7 Å². The first-order valence-corrected chi connectivity index (χ1v) is 4.41. The maximum Gasteiger partial charge on any atom is 0.328 e. The van der Waals surface area contributed by atoms with E-state index in [0.29, 0.717) is 4.77 Å². The molecule has 0 fully saturated rings. The molecule has 0 unspecified atom stereocenters. The maximum atomic E-state index is 5.14. The van der Waals surface area contributed by atoms with Crippen molar-refractivity contribution in [3.05, 3.63) is 41.4 Å². The van der Waals surface area contributed by atoms with E-state index in [9.17, 15) is 0 Å². The molecule has 0 atom stereocenters. The molecule has 0 aliphatic rings. The predicted octanol–water partition coefficient (Wildman–Crippen LogP) is 1.36. The zero-order valence-corrected chi connectivity index (χ0v) is 8.08. The van der Waals surface area contributed by atoms with Gasteiger partial charge in [0.1, 0.15) is 5.69 Å². The average molecular weight is 192 g/mol. The van der Waals surface area contributed by atoms with E-state index in [2.05, 4.69) is 5.10 Å². The summed E-state index contributed by atoms with van der Waals surface area (Å²) >= 11 is 5.14. The molecule has 1 N–H and O–H groups in total. The molecule has 0 saturated carbocycles. The first-order chi connectivity index (χ1) is 6.27. The lowest BCUT2D eigenvalue weighted by molar-refractivity contribution is -0.603. The fourth-order valence-electron chi connectivity index (χ4n) is 1.23. The fourth-order valence-corrected chi connectivity index (χ4v) is 1.53. The SMILES string of the molecule is Cn1c[n+](-c2ccccc2)c(=S)[nH]1. The number of aromatic amines is 1. The van der Waals surface area contributed by atoms with Gasteiger partial charge in [-0.05, 0) is 24.4 Å². The van der Waals surface area contributed by atoms with Gasteiger partial charge in [0.05, 0.1) is 7.05 Å². The minimum absolute atomic E-state index is 0.703. The van der Waals surface area contributed by atoms with Crippen LogP contribution in [0.5, 0.6) is 0 Å². The van der Waals surface area contributed by atoms with Crippen molar-refractivity contribution >= 4 is 12.2 Å². The summed E-state index contributed by atoms with van der Waals surface area (Å²) in [5.74, 6) is 0. The van der Waals surface area contributed by atoms with Gasteiger partial charge in [-0.15, -0.1) is 5.10 Å². The molecule has 0 saturated heterocycles. The smallest absolute Gasteiger partial charge is 0.191 e. The van der Waals surface area contributed by atoms with Gasteiger partial charge in [0, 0.05) is 0 Å². The van der Waals surface area contributed by atoms with E-state index in [-0.39, 0.29) is 0 Å². The Balaban J connectivity index is 2.59. The first-order valence-electron chi connectivity index (χ1n) is 4.00. The molecule has 1 heterocycles. The third-order valence-electron chi connectivity index (χ3n) is 1.81. The van der Waals surface area contributed by atoms with Gasteiger partial charge in [0.25, 0.3) is 0 Å². The second kappa shape index (κ2) is 3.14. The van der Waals surface area contributed by atoms with Crippen LogP contribution in [0.25, 0.3) is 5.69 Å². The van der Waals surface area contributed by atoms with Gasteiger partial charge in [0.15, 0.2) is 0 Å². The van der Waals surface area contributed by atoms with E-state index in [0.717, 1.165) is 5.69 Å². The highest BCUT2D eigenvalue weighted by atomic mass is 32.1. The molecular weight excluding hydrogens is 182 g/mol. The number of hydrogen-bond donors (Lipinski definition) is 1. The van der Waals surface area contributed by atoms with Crippen molar-refractivity contribution in [2.45, 2.75) is 0 Å². The van der Waals surface area contributed by atoms with Gasteiger partial charge in [0.2, 0.25) is 6.33 Å². The molecule has 1 aromatic carbocycles. The van der Waals surface area contributed by atoms with Crippen molar-refractivity contribution in [2.24, 2.45) is 7.05 Å². The lowest BCUT2D eigenvalue weighted by Crippen LogP contribution is -2.29. The molecule has 2 aromatic rings.